The second-order valence-corrected chi connectivity index (χ2v) is 37.4. The Labute approximate surface area is 850 Å². The van der Waals surface area contributed by atoms with Gasteiger partial charge in [0.05, 0.1) is 7.11 Å². The zero-order valence-corrected chi connectivity index (χ0v) is 86.8. The third-order valence-corrected chi connectivity index (χ3v) is 23.2. The molecule has 0 saturated carbocycles. The molecule has 14 heteroatoms. The Bertz CT molecular complexity index is 6200. The molecule has 2 aromatic heterocycles. The zero-order chi connectivity index (χ0) is 101. The van der Waals surface area contributed by atoms with Crippen molar-refractivity contribution < 1.29 is 47.0 Å². The van der Waals surface area contributed by atoms with Crippen molar-refractivity contribution in [2.24, 2.45) is 0 Å². The second-order valence-electron chi connectivity index (χ2n) is 36.6. The first-order valence-corrected chi connectivity index (χ1v) is 49.5. The van der Waals surface area contributed by atoms with Gasteiger partial charge >= 0.3 is 0 Å². The number of para-hydroxylation sites is 1. The van der Waals surface area contributed by atoms with E-state index in [9.17, 15) is 4.39 Å². The smallest absolute Gasteiger partial charge is 0.213 e. The normalized spacial score (nSPS) is 10.6. The van der Waals surface area contributed by atoms with Crippen LogP contribution in [-0.2, 0) is 46.2 Å². The monoisotopic (exact) mass is 1930 g/mol. The highest BCUT2D eigenvalue weighted by molar-refractivity contribution is 6.31. The van der Waals surface area contributed by atoms with Crippen molar-refractivity contribution in [3.63, 3.8) is 0 Å². The van der Waals surface area contributed by atoms with Gasteiger partial charge in [0.25, 0.3) is 0 Å². The van der Waals surface area contributed by atoms with Crippen LogP contribution in [0.3, 0.4) is 0 Å². The Morgan fingerprint density at radius 2 is 0.589 bits per heavy atom. The highest BCUT2D eigenvalue weighted by atomic mass is 35.5. The third kappa shape index (κ3) is 42.0. The van der Waals surface area contributed by atoms with E-state index < -0.39 is 0 Å². The molecule has 0 aliphatic heterocycles. The Morgan fingerprint density at radius 1 is 0.248 bits per heavy atom. The van der Waals surface area contributed by atoms with Crippen LogP contribution in [0.25, 0.3) is 0 Å². The Balaban J connectivity index is 0.000000180. The summed E-state index contributed by atoms with van der Waals surface area (Å²) in [5, 5.41) is 1.49. The first kappa shape index (κ1) is 111. The van der Waals surface area contributed by atoms with Crippen LogP contribution in [0.15, 0.2) is 395 Å². The summed E-state index contributed by atoms with van der Waals surface area (Å²) in [6.07, 6.45) is 3.68. The van der Waals surface area contributed by atoms with Gasteiger partial charge in [-0.1, -0.05) is 377 Å². The van der Waals surface area contributed by atoms with Crippen molar-refractivity contribution in [3.05, 3.63) is 499 Å². The van der Waals surface area contributed by atoms with E-state index in [1.165, 1.54) is 67.8 Å². The Kier molecular flexibility index (Phi) is 47.8. The van der Waals surface area contributed by atoms with Gasteiger partial charge in [-0.3, -0.25) is 0 Å². The molecule has 11 nitrogen and oxygen atoms in total. The van der Waals surface area contributed by atoms with Gasteiger partial charge in [-0.05, 0) is 265 Å². The molecule has 14 aromatic carbocycles. The van der Waals surface area contributed by atoms with E-state index >= 15 is 0 Å². The fourth-order valence-corrected chi connectivity index (χ4v) is 14.0. The zero-order valence-electron chi connectivity index (χ0n) is 85.3. The maximum Gasteiger partial charge on any atom is 0.213 e. The quantitative estimate of drug-likeness (QED) is 0.0402. The van der Waals surface area contributed by atoms with E-state index in [0.29, 0.717) is 105 Å². The van der Waals surface area contributed by atoms with Crippen LogP contribution < -0.4 is 42.6 Å². The molecule has 0 bridgehead atoms. The van der Waals surface area contributed by atoms with Crippen LogP contribution >= 0.6 is 23.2 Å². The van der Waals surface area contributed by atoms with Crippen molar-refractivity contribution in [1.82, 2.24) is 9.97 Å². The summed E-state index contributed by atoms with van der Waals surface area (Å²) in [5.74, 6) is 12.4. The molecule has 0 unspecified atom stereocenters. The lowest BCUT2D eigenvalue weighted by atomic mass is 10.0. The number of halogens is 3. The minimum atomic E-state index is -0.222. The SMILES string of the molecule is CC(C)c1ccc(OCc2ccccc2)nc1.CC(C)c1cccc(OCc2ccc(F)cc2)c1.CC(C)c1cccc(OCc2cccc(Cl)c2)c1.CC(C)c1cccc(OCc2ccccc2Cl)c1.CC(C)c1cccc(Oc2ccccc2)c1.CC(C)c1ccnc(OCc2ccccc2)c1.COc1ccc(COc2cccc(C(C)C)c2)cc1.Cc1ccc(C(C)C)cc1OCc1ccccc1. The number of aryl methyl sites for hydroxylation is 1. The van der Waals surface area contributed by atoms with Gasteiger partial charge in [0.15, 0.2) is 0 Å². The minimum Gasteiger partial charge on any atom is -0.497 e. The fourth-order valence-electron chi connectivity index (χ4n) is 13.6. The molecule has 734 valence electrons. The molecule has 0 saturated heterocycles. The van der Waals surface area contributed by atoms with Crippen LogP contribution in [-0.4, -0.2) is 17.1 Å². The molecule has 0 amide bonds. The summed E-state index contributed by atoms with van der Waals surface area (Å²) in [7, 11) is 1.67. The molecule has 16 aromatic rings. The average molecular weight is 1930 g/mol. The molecule has 2 heterocycles. The summed E-state index contributed by atoms with van der Waals surface area (Å²) in [6, 6.07) is 126. The Hall–Kier alpha value is -13.9. The van der Waals surface area contributed by atoms with Crippen LogP contribution in [0.5, 0.6) is 57.8 Å². The lowest BCUT2D eigenvalue weighted by Crippen LogP contribution is -1.98. The summed E-state index contributed by atoms with van der Waals surface area (Å²) in [5.41, 5.74) is 19.1. The molecule has 141 heavy (non-hydrogen) atoms. The number of benzene rings is 14. The summed E-state index contributed by atoms with van der Waals surface area (Å²) in [6.45, 7) is 40.7. The molecule has 16 rings (SSSR count). The highest BCUT2D eigenvalue weighted by Crippen LogP contribution is 2.32. The van der Waals surface area contributed by atoms with Gasteiger partial charge in [-0.25, -0.2) is 14.4 Å². The minimum absolute atomic E-state index is 0.222. The number of aromatic nitrogens is 2. The third-order valence-electron chi connectivity index (χ3n) is 22.6. The topological polar surface area (TPSA) is 109 Å². The van der Waals surface area contributed by atoms with E-state index in [2.05, 4.69) is 219 Å². The largest absolute Gasteiger partial charge is 0.497 e. The average Bonchev–Trinajstić information content (AvgIpc) is 0.856. The van der Waals surface area contributed by atoms with Crippen LogP contribution in [0.4, 0.5) is 4.39 Å². The van der Waals surface area contributed by atoms with Gasteiger partial charge < -0.3 is 42.6 Å². The van der Waals surface area contributed by atoms with Crippen LogP contribution in [0, 0.1) is 12.7 Å². The van der Waals surface area contributed by atoms with E-state index in [-0.39, 0.29) is 5.82 Å². The number of ether oxygens (including phenoxy) is 9. The number of methoxy groups -OCH3 is 1. The van der Waals surface area contributed by atoms with E-state index in [0.717, 1.165) is 89.4 Å². The van der Waals surface area contributed by atoms with Crippen molar-refractivity contribution in [1.29, 1.82) is 0 Å². The van der Waals surface area contributed by atoms with Gasteiger partial charge in [-0.2, -0.15) is 0 Å². The first-order valence-electron chi connectivity index (χ1n) is 48.7. The number of rotatable bonds is 32. The first-order chi connectivity index (χ1) is 68.1. The summed E-state index contributed by atoms with van der Waals surface area (Å²) >= 11 is 12.0. The molecule has 0 fully saturated rings. The van der Waals surface area contributed by atoms with Crippen molar-refractivity contribution >= 4 is 23.2 Å². The lowest BCUT2D eigenvalue weighted by Gasteiger charge is -2.12. The van der Waals surface area contributed by atoms with Crippen molar-refractivity contribution in [2.75, 3.05) is 7.11 Å². The number of pyridine rings is 2. The molecule has 0 radical (unpaired) electrons. The highest BCUT2D eigenvalue weighted by Gasteiger charge is 2.13. The molecule has 0 aliphatic rings. The van der Waals surface area contributed by atoms with Gasteiger partial charge in [0.2, 0.25) is 11.8 Å². The second kappa shape index (κ2) is 60.8. The van der Waals surface area contributed by atoms with E-state index in [1.807, 2.05) is 273 Å². The molecule has 0 spiro atoms. The molecule has 0 atom stereocenters. The van der Waals surface area contributed by atoms with Crippen LogP contribution in [0.2, 0.25) is 10.0 Å². The van der Waals surface area contributed by atoms with Gasteiger partial charge in [0, 0.05) is 40.1 Å². The van der Waals surface area contributed by atoms with Crippen LogP contribution in [0.1, 0.15) is 247 Å². The predicted molar refractivity (Wildman–Crippen MR) is 583 cm³/mol. The summed E-state index contributed by atoms with van der Waals surface area (Å²) in [4.78, 5) is 8.51. The summed E-state index contributed by atoms with van der Waals surface area (Å²) < 4.78 is 63.9. The van der Waals surface area contributed by atoms with Gasteiger partial charge in [-0.15, -0.1) is 0 Å². The molecular weight excluding hydrogens is 1790 g/mol. The maximum absolute atomic E-state index is 12.8. The van der Waals surface area contributed by atoms with E-state index in [4.69, 9.17) is 65.8 Å². The molecular formula is C127H141Cl2FN2O9. The number of hydrogen-bond donors (Lipinski definition) is 0. The predicted octanol–water partition coefficient (Wildman–Crippen LogP) is 35.9. The lowest BCUT2D eigenvalue weighted by molar-refractivity contribution is 0.293. The standard InChI is InChI=1S/C17H20O2.C17H20O.2C16H17ClO.C16H17FO.2C15H17NO.C15H16O/c1-13(2)15-5-4-6-17(11-15)19-12-14-7-9-16(18-3)10-8-14;1-13(2)16-10-9-14(3)17(11-16)18-12-15-7-5-4-6-8-15;1-12(2)14-6-4-8-16(10-14)18-11-13-5-3-7-15(17)9-13;1-12(2)13-7-5-8-15(10-13)18-11-14-6-3-4-9-16(14)17;1-12(2)14-4-3-5-16(10-14)18-11-13-6-8-15(17)9-7-13;1-12(2)14-8-9-16-15(10-14)17-11-13-6-4-3-5-7-13;1-12(2)14-8-9-15(16-10-14)17-11-13-6-4-3-5-7-13;1-12(2)13-7-6-10-15(11-13)16-14-8-4-3-5-9-14/h4-11,13H,12H2,1-3H3;4-11,13H,12H2,1-3H3;3*3-10,12H,11H2,1-2H3;2*3-10,12H,11H2,1-2H3;3-12H,1-2H3. The van der Waals surface area contributed by atoms with E-state index in [1.54, 1.807) is 25.4 Å². The molecule has 0 aliphatic carbocycles. The number of hydrogen-bond acceptors (Lipinski definition) is 11. The van der Waals surface area contributed by atoms with Gasteiger partial charge in [0.1, 0.15) is 98.1 Å². The fraction of sp³-hybridized carbons (Fsp3) is 0.260. The molecule has 0 N–H and O–H groups in total. The maximum atomic E-state index is 12.8. The Morgan fingerprint density at radius 3 is 1.01 bits per heavy atom. The van der Waals surface area contributed by atoms with Crippen molar-refractivity contribution in [3.8, 4) is 57.8 Å². The van der Waals surface area contributed by atoms with Crippen molar-refractivity contribution in [2.45, 2.75) is 211 Å². The number of nitrogens with zero attached hydrogens (tertiary/aromatic N) is 2.